The lowest BCUT2D eigenvalue weighted by molar-refractivity contribution is -0.124. The number of anilines is 2. The number of nitrogens with one attached hydrogen (secondary N) is 2. The molecule has 0 unspecified atom stereocenters. The van der Waals surface area contributed by atoms with E-state index in [1.165, 1.54) is 5.56 Å². The SMILES string of the molecule is Cc1ccc2nc(-c3cccc(OCC(=O)NC(C)(C)C)c3)nc(Nc3cnn(C)c3)c2c1C. The summed E-state index contributed by atoms with van der Waals surface area (Å²) in [6.45, 7) is 9.89. The third-order valence-electron chi connectivity index (χ3n) is 5.34. The number of benzene rings is 2. The molecule has 8 nitrogen and oxygen atoms in total. The van der Waals surface area contributed by atoms with Crippen molar-refractivity contribution in [3.05, 3.63) is 59.9 Å². The molecule has 0 radical (unpaired) electrons. The van der Waals surface area contributed by atoms with Gasteiger partial charge in [0, 0.05) is 29.7 Å². The number of fused-ring (bicyclic) bond motifs is 1. The Balaban J connectivity index is 1.68. The predicted molar refractivity (Wildman–Crippen MR) is 134 cm³/mol. The Labute approximate surface area is 199 Å². The molecule has 0 fully saturated rings. The zero-order valence-electron chi connectivity index (χ0n) is 20.4. The molecule has 0 aliphatic heterocycles. The van der Waals surface area contributed by atoms with Gasteiger partial charge in [-0.1, -0.05) is 18.2 Å². The number of rotatable bonds is 6. The second-order valence-electron chi connectivity index (χ2n) is 9.44. The fourth-order valence-electron chi connectivity index (χ4n) is 3.66. The molecule has 2 aromatic carbocycles. The summed E-state index contributed by atoms with van der Waals surface area (Å²) in [5.74, 6) is 1.68. The van der Waals surface area contributed by atoms with Crippen molar-refractivity contribution in [2.75, 3.05) is 11.9 Å². The van der Waals surface area contributed by atoms with Crippen molar-refractivity contribution in [1.29, 1.82) is 0 Å². The average molecular weight is 459 g/mol. The topological polar surface area (TPSA) is 94.0 Å². The third-order valence-corrected chi connectivity index (χ3v) is 5.34. The zero-order chi connectivity index (χ0) is 24.5. The minimum Gasteiger partial charge on any atom is -0.484 e. The van der Waals surface area contributed by atoms with Gasteiger partial charge in [-0.2, -0.15) is 5.10 Å². The van der Waals surface area contributed by atoms with Crippen molar-refractivity contribution in [3.8, 4) is 17.1 Å². The van der Waals surface area contributed by atoms with Crippen LogP contribution in [-0.4, -0.2) is 37.8 Å². The van der Waals surface area contributed by atoms with E-state index < -0.39 is 0 Å². The lowest BCUT2D eigenvalue weighted by Crippen LogP contribution is -2.43. The molecule has 0 saturated carbocycles. The van der Waals surface area contributed by atoms with Gasteiger partial charge in [-0.3, -0.25) is 9.48 Å². The van der Waals surface area contributed by atoms with Gasteiger partial charge in [0.15, 0.2) is 12.4 Å². The third kappa shape index (κ3) is 5.33. The van der Waals surface area contributed by atoms with Gasteiger partial charge in [-0.25, -0.2) is 9.97 Å². The highest BCUT2D eigenvalue weighted by Crippen LogP contribution is 2.32. The number of nitrogens with zero attached hydrogens (tertiary/aromatic N) is 4. The minimum absolute atomic E-state index is 0.0639. The Morgan fingerprint density at radius 1 is 1.12 bits per heavy atom. The molecule has 2 N–H and O–H groups in total. The number of hydrogen-bond donors (Lipinski definition) is 2. The van der Waals surface area contributed by atoms with E-state index in [2.05, 4.69) is 35.6 Å². The van der Waals surface area contributed by atoms with Crippen molar-refractivity contribution >= 4 is 28.3 Å². The maximum Gasteiger partial charge on any atom is 0.258 e. The van der Waals surface area contributed by atoms with Crippen LogP contribution in [0.15, 0.2) is 48.8 Å². The summed E-state index contributed by atoms with van der Waals surface area (Å²) < 4.78 is 7.47. The molecule has 0 aliphatic carbocycles. The van der Waals surface area contributed by atoms with Crippen LogP contribution < -0.4 is 15.4 Å². The van der Waals surface area contributed by atoms with Crippen LogP contribution in [-0.2, 0) is 11.8 Å². The molecule has 176 valence electrons. The lowest BCUT2D eigenvalue weighted by atomic mass is 10.0. The molecule has 4 rings (SSSR count). The fraction of sp³-hybridized carbons (Fsp3) is 0.308. The van der Waals surface area contributed by atoms with Crippen molar-refractivity contribution < 1.29 is 9.53 Å². The summed E-state index contributed by atoms with van der Waals surface area (Å²) in [5.41, 5.74) is 4.46. The highest BCUT2D eigenvalue weighted by atomic mass is 16.5. The van der Waals surface area contributed by atoms with Crippen LogP contribution in [0.4, 0.5) is 11.5 Å². The monoisotopic (exact) mass is 458 g/mol. The van der Waals surface area contributed by atoms with Crippen LogP contribution >= 0.6 is 0 Å². The number of carbonyl (C=O) groups is 1. The van der Waals surface area contributed by atoms with E-state index in [-0.39, 0.29) is 18.1 Å². The highest BCUT2D eigenvalue weighted by molar-refractivity contribution is 5.95. The summed E-state index contributed by atoms with van der Waals surface area (Å²) in [5, 5.41) is 11.5. The first kappa shape index (κ1) is 23.2. The van der Waals surface area contributed by atoms with Crippen LogP contribution in [0.2, 0.25) is 0 Å². The van der Waals surface area contributed by atoms with Gasteiger partial charge in [0.2, 0.25) is 0 Å². The molecule has 0 atom stereocenters. The van der Waals surface area contributed by atoms with Crippen molar-refractivity contribution in [1.82, 2.24) is 25.1 Å². The number of aryl methyl sites for hydroxylation is 3. The van der Waals surface area contributed by atoms with Crippen molar-refractivity contribution in [2.45, 2.75) is 40.2 Å². The molecule has 0 aliphatic rings. The molecular formula is C26H30N6O2. The van der Waals surface area contributed by atoms with Crippen LogP contribution in [0.1, 0.15) is 31.9 Å². The molecule has 8 heteroatoms. The Morgan fingerprint density at radius 3 is 2.62 bits per heavy atom. The Morgan fingerprint density at radius 2 is 1.91 bits per heavy atom. The van der Waals surface area contributed by atoms with Gasteiger partial charge in [-0.05, 0) is 63.9 Å². The molecule has 34 heavy (non-hydrogen) atoms. The summed E-state index contributed by atoms with van der Waals surface area (Å²) in [6.07, 6.45) is 3.66. The van der Waals surface area contributed by atoms with E-state index in [4.69, 9.17) is 14.7 Å². The van der Waals surface area contributed by atoms with Crippen molar-refractivity contribution in [2.24, 2.45) is 7.05 Å². The van der Waals surface area contributed by atoms with Crippen LogP contribution in [0.5, 0.6) is 5.75 Å². The second kappa shape index (κ2) is 9.13. The number of aromatic nitrogens is 4. The predicted octanol–water partition coefficient (Wildman–Crippen LogP) is 4.68. The number of hydrogen-bond acceptors (Lipinski definition) is 6. The summed E-state index contributed by atoms with van der Waals surface area (Å²) >= 11 is 0. The first-order valence-corrected chi connectivity index (χ1v) is 11.2. The van der Waals surface area contributed by atoms with E-state index in [9.17, 15) is 4.79 Å². The maximum atomic E-state index is 12.1. The van der Waals surface area contributed by atoms with E-state index in [1.54, 1.807) is 10.9 Å². The van der Waals surface area contributed by atoms with E-state index in [0.29, 0.717) is 17.4 Å². The van der Waals surface area contributed by atoms with Gasteiger partial charge < -0.3 is 15.4 Å². The maximum absolute atomic E-state index is 12.1. The van der Waals surface area contributed by atoms with Crippen LogP contribution in [0.3, 0.4) is 0 Å². The smallest absolute Gasteiger partial charge is 0.258 e. The average Bonchev–Trinajstić information content (AvgIpc) is 3.18. The molecular weight excluding hydrogens is 428 g/mol. The summed E-state index contributed by atoms with van der Waals surface area (Å²) in [7, 11) is 1.87. The van der Waals surface area contributed by atoms with Gasteiger partial charge in [0.1, 0.15) is 11.6 Å². The van der Waals surface area contributed by atoms with Crippen molar-refractivity contribution in [3.63, 3.8) is 0 Å². The molecule has 0 bridgehead atoms. The van der Waals surface area contributed by atoms with Crippen LogP contribution in [0.25, 0.3) is 22.3 Å². The number of ether oxygens (including phenoxy) is 1. The first-order chi connectivity index (χ1) is 16.1. The molecule has 1 amide bonds. The first-order valence-electron chi connectivity index (χ1n) is 11.2. The number of carbonyl (C=O) groups excluding carboxylic acids is 1. The quantitative estimate of drug-likeness (QED) is 0.436. The van der Waals surface area contributed by atoms with Gasteiger partial charge in [-0.15, -0.1) is 0 Å². The molecule has 4 aromatic rings. The summed E-state index contributed by atoms with van der Waals surface area (Å²) in [6, 6.07) is 11.5. The molecule has 0 saturated heterocycles. The van der Waals surface area contributed by atoms with E-state index >= 15 is 0 Å². The molecule has 2 aromatic heterocycles. The van der Waals surface area contributed by atoms with E-state index in [0.717, 1.165) is 27.7 Å². The van der Waals surface area contributed by atoms with Gasteiger partial charge in [0.05, 0.1) is 17.4 Å². The fourth-order valence-corrected chi connectivity index (χ4v) is 3.66. The largest absolute Gasteiger partial charge is 0.484 e. The molecule has 2 heterocycles. The number of amides is 1. The Kier molecular flexibility index (Phi) is 6.24. The second-order valence-corrected chi connectivity index (χ2v) is 9.44. The zero-order valence-corrected chi connectivity index (χ0v) is 20.4. The molecule has 0 spiro atoms. The Hall–Kier alpha value is -3.94. The standard InChI is InChI=1S/C26H30N6O2/c1-16-10-11-21-23(17(16)2)25(28-19-13-27-32(6)14-19)30-24(29-21)18-8-7-9-20(12-18)34-15-22(33)31-26(3,4)5/h7-14H,15H2,1-6H3,(H,31,33)(H,28,29,30). The van der Waals surface area contributed by atoms with Crippen LogP contribution in [0, 0.1) is 13.8 Å². The minimum atomic E-state index is -0.310. The van der Waals surface area contributed by atoms with Gasteiger partial charge >= 0.3 is 0 Å². The lowest BCUT2D eigenvalue weighted by Gasteiger charge is -2.20. The van der Waals surface area contributed by atoms with E-state index in [1.807, 2.05) is 64.3 Å². The Bertz CT molecular complexity index is 1350. The highest BCUT2D eigenvalue weighted by Gasteiger charge is 2.16. The van der Waals surface area contributed by atoms with Gasteiger partial charge in [0.25, 0.3) is 5.91 Å². The normalized spacial score (nSPS) is 11.5. The summed E-state index contributed by atoms with van der Waals surface area (Å²) in [4.78, 5) is 21.8.